The molecule has 1 aliphatic rings. The number of carbonyl (C=O) groups is 1. The molecule has 8 nitrogen and oxygen atoms in total. The molecule has 0 aliphatic carbocycles. The predicted octanol–water partition coefficient (Wildman–Crippen LogP) is 2.42. The lowest BCUT2D eigenvalue weighted by Gasteiger charge is -2.27. The van der Waals surface area contributed by atoms with Crippen molar-refractivity contribution < 1.29 is 27.8 Å². The van der Waals surface area contributed by atoms with Gasteiger partial charge in [-0.05, 0) is 72.4 Å². The first-order chi connectivity index (χ1) is 13.5. The fourth-order valence-electron chi connectivity index (χ4n) is 3.19. The van der Waals surface area contributed by atoms with E-state index < -0.39 is 27.6 Å². The molecule has 2 atom stereocenters. The molecule has 164 valence electrons. The Labute approximate surface area is 173 Å². The Morgan fingerprint density at radius 1 is 1.38 bits per heavy atom. The molecule has 0 amide bonds. The van der Waals surface area contributed by atoms with Crippen LogP contribution in [-0.4, -0.2) is 59.7 Å². The van der Waals surface area contributed by atoms with Crippen LogP contribution >= 0.6 is 0 Å². The second kappa shape index (κ2) is 9.40. The SMILES string of the molecule is Cc1ccc(S(=O)(=O)N2CCC[C@H]2C(=O)OC(C)(C)C)c(O[C@H](C)CCCO)n1. The highest BCUT2D eigenvalue weighted by Crippen LogP contribution is 2.32. The van der Waals surface area contributed by atoms with Gasteiger partial charge in [-0.2, -0.15) is 4.31 Å². The van der Waals surface area contributed by atoms with Gasteiger partial charge in [0.2, 0.25) is 15.9 Å². The number of rotatable bonds is 8. The van der Waals surface area contributed by atoms with Gasteiger partial charge >= 0.3 is 5.97 Å². The maximum absolute atomic E-state index is 13.4. The summed E-state index contributed by atoms with van der Waals surface area (Å²) in [6.45, 7) is 9.08. The van der Waals surface area contributed by atoms with Crippen LogP contribution in [0.4, 0.5) is 0 Å². The number of aromatic nitrogens is 1. The molecule has 0 aromatic carbocycles. The van der Waals surface area contributed by atoms with E-state index in [0.717, 1.165) is 0 Å². The average Bonchev–Trinajstić information content (AvgIpc) is 3.09. The average molecular weight is 429 g/mol. The first-order valence-electron chi connectivity index (χ1n) is 9.95. The molecule has 0 radical (unpaired) electrons. The Kier molecular flexibility index (Phi) is 7.64. The normalized spacial score (nSPS) is 19.2. The molecule has 9 heteroatoms. The minimum absolute atomic E-state index is 0.0188. The van der Waals surface area contributed by atoms with Crippen molar-refractivity contribution in [2.24, 2.45) is 0 Å². The predicted molar refractivity (Wildman–Crippen MR) is 108 cm³/mol. The third-order valence-electron chi connectivity index (χ3n) is 4.52. The van der Waals surface area contributed by atoms with Crippen molar-refractivity contribution in [1.29, 1.82) is 0 Å². The second-order valence-electron chi connectivity index (χ2n) is 8.36. The van der Waals surface area contributed by atoms with Crippen molar-refractivity contribution in [3.8, 4) is 5.88 Å². The van der Waals surface area contributed by atoms with Crippen molar-refractivity contribution in [2.45, 2.75) is 82.9 Å². The summed E-state index contributed by atoms with van der Waals surface area (Å²) >= 11 is 0. The van der Waals surface area contributed by atoms with Crippen LogP contribution in [0.3, 0.4) is 0 Å². The summed E-state index contributed by atoms with van der Waals surface area (Å²) in [5.41, 5.74) is -0.0740. The van der Waals surface area contributed by atoms with Crippen LogP contribution in [0.5, 0.6) is 5.88 Å². The molecule has 2 heterocycles. The van der Waals surface area contributed by atoms with Crippen LogP contribution < -0.4 is 4.74 Å². The van der Waals surface area contributed by atoms with E-state index in [1.165, 1.54) is 10.4 Å². The van der Waals surface area contributed by atoms with E-state index in [-0.39, 0.29) is 30.0 Å². The Balaban J connectivity index is 2.33. The highest BCUT2D eigenvalue weighted by atomic mass is 32.2. The number of pyridine rings is 1. The molecule has 0 bridgehead atoms. The van der Waals surface area contributed by atoms with Crippen LogP contribution in [0.25, 0.3) is 0 Å². The number of hydrogen-bond acceptors (Lipinski definition) is 7. The Morgan fingerprint density at radius 2 is 2.07 bits per heavy atom. The molecule has 0 saturated carbocycles. The topological polar surface area (TPSA) is 106 Å². The zero-order chi connectivity index (χ0) is 21.8. The molecule has 2 rings (SSSR count). The van der Waals surface area contributed by atoms with E-state index in [1.54, 1.807) is 40.7 Å². The van der Waals surface area contributed by atoms with E-state index in [9.17, 15) is 13.2 Å². The highest BCUT2D eigenvalue weighted by molar-refractivity contribution is 7.89. The van der Waals surface area contributed by atoms with Gasteiger partial charge in [0.15, 0.2) is 0 Å². The van der Waals surface area contributed by atoms with E-state index >= 15 is 0 Å². The Hall–Kier alpha value is -1.71. The van der Waals surface area contributed by atoms with E-state index in [4.69, 9.17) is 14.6 Å². The first kappa shape index (κ1) is 23.6. The van der Waals surface area contributed by atoms with Crippen molar-refractivity contribution >= 4 is 16.0 Å². The number of aryl methyl sites for hydroxylation is 1. The van der Waals surface area contributed by atoms with Crippen LogP contribution in [0.2, 0.25) is 0 Å². The highest BCUT2D eigenvalue weighted by Gasteiger charge is 2.42. The largest absolute Gasteiger partial charge is 0.474 e. The Bertz CT molecular complexity index is 819. The lowest BCUT2D eigenvalue weighted by atomic mass is 10.2. The maximum atomic E-state index is 13.4. The van der Waals surface area contributed by atoms with Crippen LogP contribution in [0.15, 0.2) is 17.0 Å². The molecule has 1 aromatic heterocycles. The summed E-state index contributed by atoms with van der Waals surface area (Å²) in [5.74, 6) is -0.525. The van der Waals surface area contributed by atoms with Crippen LogP contribution in [0, 0.1) is 6.92 Å². The number of nitrogens with zero attached hydrogens (tertiary/aromatic N) is 2. The third-order valence-corrected chi connectivity index (χ3v) is 6.44. The Morgan fingerprint density at radius 3 is 2.69 bits per heavy atom. The number of carbonyl (C=O) groups excluding carboxylic acids is 1. The van der Waals surface area contributed by atoms with Gasteiger partial charge in [-0.3, -0.25) is 4.79 Å². The summed E-state index contributed by atoms with van der Waals surface area (Å²) in [7, 11) is -4.01. The molecular weight excluding hydrogens is 396 g/mol. The molecule has 1 aromatic rings. The van der Waals surface area contributed by atoms with Crippen molar-refractivity contribution in [1.82, 2.24) is 9.29 Å². The van der Waals surface area contributed by atoms with E-state index in [2.05, 4.69) is 4.98 Å². The number of hydrogen-bond donors (Lipinski definition) is 1. The summed E-state index contributed by atoms with van der Waals surface area (Å²) < 4.78 is 39.2. The quantitative estimate of drug-likeness (QED) is 0.634. The molecule has 0 unspecified atom stereocenters. The lowest BCUT2D eigenvalue weighted by Crippen LogP contribution is -2.43. The number of sulfonamides is 1. The summed E-state index contributed by atoms with van der Waals surface area (Å²) in [5, 5.41) is 9.00. The van der Waals surface area contributed by atoms with Crippen LogP contribution in [-0.2, 0) is 19.6 Å². The molecule has 1 saturated heterocycles. The number of aliphatic hydroxyl groups excluding tert-OH is 1. The minimum atomic E-state index is -4.01. The van der Waals surface area contributed by atoms with Crippen molar-refractivity contribution in [2.75, 3.05) is 13.2 Å². The number of aliphatic hydroxyl groups is 1. The van der Waals surface area contributed by atoms with Crippen molar-refractivity contribution in [3.63, 3.8) is 0 Å². The van der Waals surface area contributed by atoms with Gasteiger partial charge in [0.05, 0.1) is 6.10 Å². The smallest absolute Gasteiger partial charge is 0.324 e. The van der Waals surface area contributed by atoms with E-state index in [1.807, 2.05) is 0 Å². The first-order valence-corrected chi connectivity index (χ1v) is 11.4. The van der Waals surface area contributed by atoms with Crippen LogP contribution in [0.1, 0.15) is 59.1 Å². The molecule has 1 aliphatic heterocycles. The molecule has 29 heavy (non-hydrogen) atoms. The van der Waals surface area contributed by atoms with Gasteiger partial charge in [0.1, 0.15) is 16.5 Å². The fourth-order valence-corrected chi connectivity index (χ4v) is 4.89. The number of ether oxygens (including phenoxy) is 2. The van der Waals surface area contributed by atoms with Gasteiger partial charge in [0.25, 0.3) is 0 Å². The van der Waals surface area contributed by atoms with Gasteiger partial charge in [0, 0.05) is 18.8 Å². The monoisotopic (exact) mass is 428 g/mol. The van der Waals surface area contributed by atoms with Gasteiger partial charge < -0.3 is 14.6 Å². The number of esters is 1. The summed E-state index contributed by atoms with van der Waals surface area (Å²) in [4.78, 5) is 16.8. The molecule has 1 fully saturated rings. The van der Waals surface area contributed by atoms with Crippen molar-refractivity contribution in [3.05, 3.63) is 17.8 Å². The standard InChI is InChI=1S/C20H32N2O6S/c1-14-10-11-17(18(21-14)27-15(2)8-7-13-23)29(25,26)22-12-6-9-16(22)19(24)28-20(3,4)5/h10-11,15-16,23H,6-9,12-13H2,1-5H3/t15-,16+/m1/s1. The second-order valence-corrected chi connectivity index (χ2v) is 10.2. The third kappa shape index (κ3) is 6.13. The zero-order valence-electron chi connectivity index (χ0n) is 17.8. The zero-order valence-corrected chi connectivity index (χ0v) is 18.7. The van der Waals surface area contributed by atoms with E-state index in [0.29, 0.717) is 31.4 Å². The fraction of sp³-hybridized carbons (Fsp3) is 0.700. The maximum Gasteiger partial charge on any atom is 0.324 e. The van der Waals surface area contributed by atoms with Gasteiger partial charge in [-0.1, -0.05) is 0 Å². The molecular formula is C20H32N2O6S. The molecule has 0 spiro atoms. The van der Waals surface area contributed by atoms with Gasteiger partial charge in [-0.15, -0.1) is 0 Å². The summed E-state index contributed by atoms with van der Waals surface area (Å²) in [6, 6.07) is 2.22. The lowest BCUT2D eigenvalue weighted by molar-refractivity contribution is -0.158. The minimum Gasteiger partial charge on any atom is -0.474 e. The summed E-state index contributed by atoms with van der Waals surface area (Å²) in [6.07, 6.45) is 1.78. The van der Waals surface area contributed by atoms with Gasteiger partial charge in [-0.25, -0.2) is 13.4 Å². The molecule has 1 N–H and O–H groups in total.